The molecule has 0 amide bonds. The summed E-state index contributed by atoms with van der Waals surface area (Å²) >= 11 is 0. The molecule has 0 saturated carbocycles. The van der Waals surface area contributed by atoms with Gasteiger partial charge in [0.2, 0.25) is 0 Å². The summed E-state index contributed by atoms with van der Waals surface area (Å²) in [7, 11) is 0. The summed E-state index contributed by atoms with van der Waals surface area (Å²) in [4.78, 5) is 32.3. The van der Waals surface area contributed by atoms with Crippen LogP contribution in [0.3, 0.4) is 0 Å². The number of ether oxygens (including phenoxy) is 2. The number of carbonyl (C=O) groups excluding carboxylic acids is 1. The molecule has 1 aliphatic rings. The molecule has 27 heavy (non-hydrogen) atoms. The zero-order valence-electron chi connectivity index (χ0n) is 15.7. The Kier molecular flexibility index (Phi) is 9.89. The maximum atomic E-state index is 11.7. The Bertz CT molecular complexity index is 612. The molecule has 0 unspecified atom stereocenters. The van der Waals surface area contributed by atoms with E-state index in [2.05, 4.69) is 11.0 Å². The van der Waals surface area contributed by atoms with Crippen molar-refractivity contribution >= 4 is 17.9 Å². The highest BCUT2D eigenvalue weighted by Crippen LogP contribution is 2.24. The molecular formula is C19H27NO7. The van der Waals surface area contributed by atoms with Gasteiger partial charge in [-0.15, -0.1) is 0 Å². The molecule has 0 aromatic heterocycles. The third-order valence-electron chi connectivity index (χ3n) is 4.06. The van der Waals surface area contributed by atoms with Crippen molar-refractivity contribution in [3.05, 3.63) is 29.8 Å². The molecule has 1 aromatic rings. The number of piperidine rings is 1. The van der Waals surface area contributed by atoms with Gasteiger partial charge in [0, 0.05) is 12.1 Å². The van der Waals surface area contributed by atoms with Crippen LogP contribution in [0.2, 0.25) is 0 Å². The van der Waals surface area contributed by atoms with Crippen LogP contribution in [0.25, 0.3) is 0 Å². The summed E-state index contributed by atoms with van der Waals surface area (Å²) in [6.07, 6.45) is 1.77. The molecule has 2 rings (SSSR count). The van der Waals surface area contributed by atoms with Gasteiger partial charge in [0.1, 0.15) is 5.75 Å². The molecular weight excluding hydrogens is 354 g/mol. The summed E-state index contributed by atoms with van der Waals surface area (Å²) in [5, 5.41) is 14.8. The highest BCUT2D eigenvalue weighted by Gasteiger charge is 2.26. The molecule has 1 saturated heterocycles. The van der Waals surface area contributed by atoms with E-state index in [0.29, 0.717) is 13.2 Å². The van der Waals surface area contributed by atoms with Crippen LogP contribution in [0.5, 0.6) is 5.75 Å². The van der Waals surface area contributed by atoms with Crippen LogP contribution in [0.1, 0.15) is 32.3 Å². The molecule has 1 aliphatic heterocycles. The molecule has 0 aliphatic carbocycles. The fourth-order valence-electron chi connectivity index (χ4n) is 2.76. The quantitative estimate of drug-likeness (QED) is 0.568. The van der Waals surface area contributed by atoms with Gasteiger partial charge in [0.05, 0.1) is 19.1 Å². The van der Waals surface area contributed by atoms with E-state index in [1.165, 1.54) is 5.56 Å². The van der Waals surface area contributed by atoms with Crippen molar-refractivity contribution in [2.24, 2.45) is 5.92 Å². The van der Waals surface area contributed by atoms with Gasteiger partial charge in [-0.2, -0.15) is 0 Å². The van der Waals surface area contributed by atoms with Crippen LogP contribution < -0.4 is 4.74 Å². The minimum atomic E-state index is -1.82. The fourth-order valence-corrected chi connectivity index (χ4v) is 2.76. The Morgan fingerprint density at radius 2 is 1.63 bits per heavy atom. The van der Waals surface area contributed by atoms with Crippen LogP contribution in [0.4, 0.5) is 0 Å². The van der Waals surface area contributed by atoms with Crippen LogP contribution in [0, 0.1) is 5.92 Å². The van der Waals surface area contributed by atoms with Crippen molar-refractivity contribution < 1.29 is 34.1 Å². The largest absolute Gasteiger partial charge is 0.494 e. The predicted molar refractivity (Wildman–Crippen MR) is 97.5 cm³/mol. The maximum absolute atomic E-state index is 11.7. The number of esters is 1. The first kappa shape index (κ1) is 22.4. The van der Waals surface area contributed by atoms with E-state index in [-0.39, 0.29) is 11.9 Å². The average Bonchev–Trinajstić information content (AvgIpc) is 2.65. The minimum absolute atomic E-state index is 0.0353. The lowest BCUT2D eigenvalue weighted by Gasteiger charge is -2.31. The summed E-state index contributed by atoms with van der Waals surface area (Å²) in [6.45, 7) is 7.77. The molecule has 1 heterocycles. The first-order valence-corrected chi connectivity index (χ1v) is 8.94. The molecule has 8 heteroatoms. The van der Waals surface area contributed by atoms with Gasteiger partial charge in [0.25, 0.3) is 0 Å². The number of para-hydroxylation sites is 1. The Morgan fingerprint density at radius 3 is 2.15 bits per heavy atom. The number of benzene rings is 1. The number of hydrogen-bond acceptors (Lipinski definition) is 6. The fraction of sp³-hybridized carbons (Fsp3) is 0.526. The summed E-state index contributed by atoms with van der Waals surface area (Å²) in [5.74, 6) is -2.65. The van der Waals surface area contributed by atoms with Gasteiger partial charge in [0.15, 0.2) is 0 Å². The first-order chi connectivity index (χ1) is 12.9. The van der Waals surface area contributed by atoms with E-state index >= 15 is 0 Å². The molecule has 0 atom stereocenters. The average molecular weight is 381 g/mol. The lowest BCUT2D eigenvalue weighted by molar-refractivity contribution is -0.159. The number of carboxylic acid groups (broad SMARTS) is 2. The van der Waals surface area contributed by atoms with Crippen LogP contribution >= 0.6 is 0 Å². The number of likely N-dealkylation sites (tertiary alicyclic amines) is 1. The van der Waals surface area contributed by atoms with E-state index in [9.17, 15) is 4.79 Å². The van der Waals surface area contributed by atoms with E-state index < -0.39 is 11.9 Å². The van der Waals surface area contributed by atoms with E-state index in [0.717, 1.165) is 38.2 Å². The van der Waals surface area contributed by atoms with Gasteiger partial charge in [-0.3, -0.25) is 9.69 Å². The van der Waals surface area contributed by atoms with Crippen LogP contribution in [-0.4, -0.2) is 59.3 Å². The van der Waals surface area contributed by atoms with Crippen molar-refractivity contribution in [2.75, 3.05) is 26.3 Å². The molecule has 1 aromatic carbocycles. The van der Waals surface area contributed by atoms with Crippen molar-refractivity contribution in [3.63, 3.8) is 0 Å². The normalized spacial score (nSPS) is 14.6. The highest BCUT2D eigenvalue weighted by molar-refractivity contribution is 6.27. The number of rotatable bonds is 6. The zero-order chi connectivity index (χ0) is 20.2. The minimum Gasteiger partial charge on any atom is -0.494 e. The van der Waals surface area contributed by atoms with E-state index in [1.807, 2.05) is 32.0 Å². The lowest BCUT2D eigenvalue weighted by atomic mass is 9.96. The summed E-state index contributed by atoms with van der Waals surface area (Å²) < 4.78 is 10.8. The molecule has 8 nitrogen and oxygen atoms in total. The Balaban J connectivity index is 0.000000527. The van der Waals surface area contributed by atoms with Crippen molar-refractivity contribution in [1.82, 2.24) is 4.90 Å². The molecule has 0 spiro atoms. The maximum Gasteiger partial charge on any atom is 0.414 e. The van der Waals surface area contributed by atoms with Crippen molar-refractivity contribution in [1.29, 1.82) is 0 Å². The molecule has 0 radical (unpaired) electrons. The first-order valence-electron chi connectivity index (χ1n) is 8.94. The number of nitrogens with zero attached hydrogens (tertiary/aromatic N) is 1. The van der Waals surface area contributed by atoms with E-state index in [1.54, 1.807) is 0 Å². The lowest BCUT2D eigenvalue weighted by Crippen LogP contribution is -2.36. The Hall–Kier alpha value is -2.61. The Morgan fingerprint density at radius 1 is 1.04 bits per heavy atom. The zero-order valence-corrected chi connectivity index (χ0v) is 15.7. The SMILES string of the molecule is CCOC(=O)C1CCN(Cc2ccccc2OCC)CC1.O=C(O)C(=O)O. The van der Waals surface area contributed by atoms with Crippen LogP contribution in [0.15, 0.2) is 24.3 Å². The molecule has 150 valence electrons. The third kappa shape index (κ3) is 8.08. The topological polar surface area (TPSA) is 113 Å². The number of aliphatic carboxylic acids is 2. The van der Waals surface area contributed by atoms with Gasteiger partial charge >= 0.3 is 17.9 Å². The summed E-state index contributed by atoms with van der Waals surface area (Å²) in [5.41, 5.74) is 1.22. The number of carbonyl (C=O) groups is 3. The van der Waals surface area contributed by atoms with E-state index in [4.69, 9.17) is 29.3 Å². The molecule has 2 N–H and O–H groups in total. The third-order valence-corrected chi connectivity index (χ3v) is 4.06. The number of hydrogen-bond donors (Lipinski definition) is 2. The second-order valence-corrected chi connectivity index (χ2v) is 5.95. The van der Waals surface area contributed by atoms with Gasteiger partial charge < -0.3 is 19.7 Å². The molecule has 1 fully saturated rings. The standard InChI is InChI=1S/C17H25NO3.C2H2O4/c1-3-20-16-8-6-5-7-15(16)13-18-11-9-14(10-12-18)17(19)21-4-2;3-1(4)2(5)6/h5-8,14H,3-4,9-13H2,1-2H3;(H,3,4)(H,5,6). The molecule has 0 bridgehead atoms. The van der Waals surface area contributed by atoms with Crippen molar-refractivity contribution in [3.8, 4) is 5.75 Å². The highest BCUT2D eigenvalue weighted by atomic mass is 16.5. The van der Waals surface area contributed by atoms with Gasteiger partial charge in [-0.1, -0.05) is 18.2 Å². The van der Waals surface area contributed by atoms with Gasteiger partial charge in [-0.05, 0) is 45.8 Å². The van der Waals surface area contributed by atoms with Crippen LogP contribution in [-0.2, 0) is 25.7 Å². The Labute approximate surface area is 158 Å². The second-order valence-electron chi connectivity index (χ2n) is 5.95. The smallest absolute Gasteiger partial charge is 0.414 e. The number of carboxylic acids is 2. The van der Waals surface area contributed by atoms with Gasteiger partial charge in [-0.25, -0.2) is 9.59 Å². The predicted octanol–water partition coefficient (Wildman–Crippen LogP) is 2.02. The summed E-state index contributed by atoms with van der Waals surface area (Å²) in [6, 6.07) is 8.18. The second kappa shape index (κ2) is 11.9. The monoisotopic (exact) mass is 381 g/mol. The van der Waals surface area contributed by atoms with Crippen molar-refractivity contribution in [2.45, 2.75) is 33.2 Å².